The number of carbonyl (C=O) groups excluding carboxylic acids is 1. The van der Waals surface area contributed by atoms with E-state index in [4.69, 9.17) is 11.6 Å². The van der Waals surface area contributed by atoms with Crippen LogP contribution in [0.5, 0.6) is 0 Å². The molecule has 2 aromatic carbocycles. The van der Waals surface area contributed by atoms with Crippen LogP contribution in [0, 0.1) is 38.3 Å². The van der Waals surface area contributed by atoms with Gasteiger partial charge in [0, 0.05) is 44.2 Å². The number of alkyl halides is 1. The largest absolute Gasteiger partial charge is 0.481 e. The SMILES string of the molecule is Cc1cc(=O)n(C(CC(C)C)C(=O)C[C@@H](CC(=O)O)c2cc(-c3c(C)cc(F)cc3C)cc(Cl)c2F)cc1CCN1CC(F)C1.S. The Labute approximate surface area is 280 Å². The number of nitrogens with zero attached hydrogens (tertiary/aromatic N) is 2. The lowest BCUT2D eigenvalue weighted by molar-refractivity contribution is -0.137. The molecule has 2 heterocycles. The van der Waals surface area contributed by atoms with Crippen LogP contribution < -0.4 is 5.56 Å². The summed E-state index contributed by atoms with van der Waals surface area (Å²) in [5.74, 6) is -3.94. The molecule has 2 atom stereocenters. The van der Waals surface area contributed by atoms with Crippen molar-refractivity contribution in [1.29, 1.82) is 0 Å². The summed E-state index contributed by atoms with van der Waals surface area (Å²) in [6.07, 6.45) is 0.854. The normalized spacial score (nSPS) is 14.9. The molecule has 0 aliphatic carbocycles. The van der Waals surface area contributed by atoms with Crippen molar-refractivity contribution in [2.45, 2.75) is 78.4 Å². The van der Waals surface area contributed by atoms with Gasteiger partial charge in [0.15, 0.2) is 5.78 Å². The van der Waals surface area contributed by atoms with E-state index in [1.54, 1.807) is 20.0 Å². The van der Waals surface area contributed by atoms with Gasteiger partial charge in [-0.3, -0.25) is 19.3 Å². The molecule has 1 unspecified atom stereocenters. The van der Waals surface area contributed by atoms with Crippen LogP contribution in [0.4, 0.5) is 13.2 Å². The zero-order valence-corrected chi connectivity index (χ0v) is 28.6. The van der Waals surface area contributed by atoms with Crippen molar-refractivity contribution in [3.8, 4) is 11.1 Å². The minimum atomic E-state index is -1.22. The molecular formula is C35H42ClF3N2O4S. The van der Waals surface area contributed by atoms with E-state index in [2.05, 4.69) is 0 Å². The van der Waals surface area contributed by atoms with Crippen molar-refractivity contribution >= 4 is 36.8 Å². The number of rotatable bonds is 13. The van der Waals surface area contributed by atoms with Crippen LogP contribution in [-0.2, 0) is 16.0 Å². The summed E-state index contributed by atoms with van der Waals surface area (Å²) in [6, 6.07) is 6.17. The highest BCUT2D eigenvalue weighted by molar-refractivity contribution is 7.59. The molecule has 1 aliphatic heterocycles. The number of aromatic nitrogens is 1. The number of carbonyl (C=O) groups is 2. The van der Waals surface area contributed by atoms with Gasteiger partial charge in [-0.25, -0.2) is 13.2 Å². The minimum absolute atomic E-state index is 0. The van der Waals surface area contributed by atoms with Crippen LogP contribution in [0.2, 0.25) is 5.02 Å². The van der Waals surface area contributed by atoms with Crippen LogP contribution in [-0.4, -0.2) is 52.1 Å². The first-order valence-electron chi connectivity index (χ1n) is 15.2. The number of hydrogen-bond acceptors (Lipinski definition) is 4. The number of aliphatic carboxylic acids is 1. The van der Waals surface area contributed by atoms with E-state index in [1.165, 1.54) is 34.9 Å². The first kappa shape index (κ1) is 37.4. The predicted molar refractivity (Wildman–Crippen MR) is 180 cm³/mol. The Morgan fingerprint density at radius 2 is 1.63 bits per heavy atom. The number of ketones is 1. The fourth-order valence-electron chi connectivity index (χ4n) is 6.31. The molecular weight excluding hydrogens is 637 g/mol. The molecule has 250 valence electrons. The fourth-order valence-corrected chi connectivity index (χ4v) is 6.53. The molecule has 1 saturated heterocycles. The molecule has 0 saturated carbocycles. The van der Waals surface area contributed by atoms with Crippen molar-refractivity contribution < 1.29 is 27.9 Å². The highest BCUT2D eigenvalue weighted by Crippen LogP contribution is 2.38. The van der Waals surface area contributed by atoms with Crippen LogP contribution in [0.3, 0.4) is 0 Å². The molecule has 1 aromatic heterocycles. The third kappa shape index (κ3) is 8.83. The van der Waals surface area contributed by atoms with Crippen molar-refractivity contribution in [3.05, 3.63) is 91.4 Å². The van der Waals surface area contributed by atoms with Gasteiger partial charge in [0.2, 0.25) is 0 Å². The van der Waals surface area contributed by atoms with Gasteiger partial charge in [-0.1, -0.05) is 25.4 Å². The van der Waals surface area contributed by atoms with Gasteiger partial charge in [-0.15, -0.1) is 0 Å². The Morgan fingerprint density at radius 3 is 2.20 bits per heavy atom. The van der Waals surface area contributed by atoms with E-state index in [9.17, 15) is 28.3 Å². The first-order chi connectivity index (χ1) is 21.1. The van der Waals surface area contributed by atoms with Gasteiger partial charge in [0.05, 0.1) is 17.5 Å². The number of likely N-dealkylation sites (tertiary alicyclic amines) is 1. The van der Waals surface area contributed by atoms with E-state index in [0.29, 0.717) is 54.7 Å². The van der Waals surface area contributed by atoms with Gasteiger partial charge in [0.25, 0.3) is 5.56 Å². The Hall–Kier alpha value is -3.08. The van der Waals surface area contributed by atoms with E-state index < -0.39 is 47.9 Å². The molecule has 1 fully saturated rings. The molecule has 0 bridgehead atoms. The zero-order valence-electron chi connectivity index (χ0n) is 26.8. The first-order valence-corrected chi connectivity index (χ1v) is 15.6. The molecule has 11 heteroatoms. The maximum absolute atomic E-state index is 15.6. The van der Waals surface area contributed by atoms with Gasteiger partial charge in [0.1, 0.15) is 17.8 Å². The van der Waals surface area contributed by atoms with Crippen molar-refractivity contribution in [3.63, 3.8) is 0 Å². The van der Waals surface area contributed by atoms with Crippen LogP contribution in [0.25, 0.3) is 11.1 Å². The summed E-state index contributed by atoms with van der Waals surface area (Å²) in [7, 11) is 0. The number of halogens is 4. The van der Waals surface area contributed by atoms with Gasteiger partial charge in [-0.2, -0.15) is 13.5 Å². The van der Waals surface area contributed by atoms with Crippen LogP contribution in [0.1, 0.15) is 72.9 Å². The summed E-state index contributed by atoms with van der Waals surface area (Å²) >= 11 is 6.33. The molecule has 0 spiro atoms. The number of benzene rings is 2. The zero-order chi connectivity index (χ0) is 33.2. The number of carboxylic acid groups (broad SMARTS) is 1. The van der Waals surface area contributed by atoms with Gasteiger partial charge < -0.3 is 9.67 Å². The molecule has 0 amide bonds. The Balaban J connectivity index is 0.00000576. The molecule has 1 N–H and O–H groups in total. The quantitative estimate of drug-likeness (QED) is 0.203. The third-order valence-electron chi connectivity index (χ3n) is 8.56. The summed E-state index contributed by atoms with van der Waals surface area (Å²) in [6.45, 7) is 10.5. The van der Waals surface area contributed by atoms with Crippen molar-refractivity contribution in [2.75, 3.05) is 19.6 Å². The molecule has 4 rings (SSSR count). The molecule has 46 heavy (non-hydrogen) atoms. The molecule has 3 aromatic rings. The summed E-state index contributed by atoms with van der Waals surface area (Å²) in [4.78, 5) is 41.3. The number of pyridine rings is 1. The Bertz CT molecular complexity index is 1630. The highest BCUT2D eigenvalue weighted by atomic mass is 35.5. The smallest absolute Gasteiger partial charge is 0.303 e. The van der Waals surface area contributed by atoms with E-state index in [0.717, 1.165) is 11.1 Å². The maximum atomic E-state index is 15.6. The monoisotopic (exact) mass is 678 g/mol. The average Bonchev–Trinajstić information content (AvgIpc) is 2.90. The maximum Gasteiger partial charge on any atom is 0.303 e. The summed E-state index contributed by atoms with van der Waals surface area (Å²) in [5, 5.41) is 9.55. The van der Waals surface area contributed by atoms with E-state index >= 15 is 4.39 Å². The minimum Gasteiger partial charge on any atom is -0.481 e. The van der Waals surface area contributed by atoms with Crippen LogP contribution >= 0.6 is 25.1 Å². The molecule has 1 aliphatic rings. The lowest BCUT2D eigenvalue weighted by Gasteiger charge is -2.34. The second kappa shape index (κ2) is 15.7. The van der Waals surface area contributed by atoms with E-state index in [1.807, 2.05) is 25.7 Å². The topological polar surface area (TPSA) is 79.6 Å². The van der Waals surface area contributed by atoms with Gasteiger partial charge >= 0.3 is 5.97 Å². The van der Waals surface area contributed by atoms with Crippen molar-refractivity contribution in [1.82, 2.24) is 9.47 Å². The summed E-state index contributed by atoms with van der Waals surface area (Å²) < 4.78 is 44.4. The van der Waals surface area contributed by atoms with Gasteiger partial charge in [-0.05, 0) is 103 Å². The molecule has 0 radical (unpaired) electrons. The fraction of sp³-hybridized carbons (Fsp3) is 0.457. The third-order valence-corrected chi connectivity index (χ3v) is 8.83. The number of hydrogen-bond donors (Lipinski definition) is 1. The predicted octanol–water partition coefficient (Wildman–Crippen LogP) is 7.49. The Morgan fingerprint density at radius 1 is 1.00 bits per heavy atom. The lowest BCUT2D eigenvalue weighted by Crippen LogP contribution is -2.49. The highest BCUT2D eigenvalue weighted by Gasteiger charge is 2.31. The number of Topliss-reactive ketones (excluding diaryl/α,β-unsaturated/α-hetero) is 1. The second-order valence-electron chi connectivity index (χ2n) is 12.7. The Kier molecular flexibility index (Phi) is 12.7. The lowest BCUT2D eigenvalue weighted by atomic mass is 9.84. The standard InChI is InChI=1S/C35H40ClF3N2O4.H2S/c1-19(2)8-30(41-16-23(20(3)11-32(41)43)6-7-40-17-27(38)18-40)31(42)14-24(15-33(44)45)28-12-25(13-29(36)35(28)39)34-21(4)9-26(37)10-22(34)5;/h9-13,16,19,24,27,30H,6-8,14-15,17-18H2,1-5H3,(H,44,45);1H2/t24-,30?;/m0./s1. The number of carboxylic acids is 1. The van der Waals surface area contributed by atoms with Crippen molar-refractivity contribution in [2.24, 2.45) is 5.92 Å². The average molecular weight is 679 g/mol. The second-order valence-corrected chi connectivity index (χ2v) is 13.1. The van der Waals surface area contributed by atoms with Crippen LogP contribution in [0.15, 0.2) is 41.3 Å². The van der Waals surface area contributed by atoms with E-state index in [-0.39, 0.29) is 42.0 Å². The summed E-state index contributed by atoms with van der Waals surface area (Å²) in [5.41, 5.74) is 3.54. The number of aryl methyl sites for hydroxylation is 3. The molecule has 6 nitrogen and oxygen atoms in total.